The van der Waals surface area contributed by atoms with E-state index in [-0.39, 0.29) is 12.1 Å². The summed E-state index contributed by atoms with van der Waals surface area (Å²) in [6.07, 6.45) is 3.12. The Labute approximate surface area is 129 Å². The zero-order chi connectivity index (χ0) is 16.0. The predicted octanol–water partition coefficient (Wildman–Crippen LogP) is 2.11. The molecule has 21 heavy (non-hydrogen) atoms. The molecule has 3 atom stereocenters. The third kappa shape index (κ3) is 5.57. The van der Waals surface area contributed by atoms with Crippen molar-refractivity contribution in [2.24, 2.45) is 0 Å². The third-order valence-corrected chi connectivity index (χ3v) is 4.22. The fraction of sp³-hybridized carbons (Fsp3) is 0.938. The molecule has 0 spiro atoms. The molecule has 0 saturated carbocycles. The molecular weight excluding hydrogens is 268 g/mol. The Balaban J connectivity index is 2.64. The predicted molar refractivity (Wildman–Crippen MR) is 84.6 cm³/mol. The summed E-state index contributed by atoms with van der Waals surface area (Å²) in [5, 5.41) is 12.8. The van der Waals surface area contributed by atoms with Crippen LogP contribution in [0.1, 0.15) is 53.9 Å². The Bertz CT molecular complexity index is 333. The van der Waals surface area contributed by atoms with E-state index in [1.54, 1.807) is 6.92 Å². The molecule has 124 valence electrons. The highest BCUT2D eigenvalue weighted by Gasteiger charge is 2.37. The number of carbonyl (C=O) groups is 1. The van der Waals surface area contributed by atoms with Gasteiger partial charge in [-0.2, -0.15) is 0 Å². The fourth-order valence-electron chi connectivity index (χ4n) is 3.30. The van der Waals surface area contributed by atoms with Gasteiger partial charge in [-0.15, -0.1) is 0 Å². The van der Waals surface area contributed by atoms with Gasteiger partial charge in [0.2, 0.25) is 0 Å². The molecule has 1 fully saturated rings. The Morgan fingerprint density at radius 1 is 1.48 bits per heavy atom. The van der Waals surface area contributed by atoms with Gasteiger partial charge in [0.25, 0.3) is 0 Å². The normalized spacial score (nSPS) is 24.8. The first-order valence-corrected chi connectivity index (χ1v) is 8.15. The van der Waals surface area contributed by atoms with Gasteiger partial charge in [0.15, 0.2) is 0 Å². The lowest BCUT2D eigenvalue weighted by molar-refractivity contribution is -0.145. The maximum Gasteiger partial charge on any atom is 0.323 e. The zero-order valence-electron chi connectivity index (χ0n) is 14.2. The van der Waals surface area contributed by atoms with Gasteiger partial charge in [0, 0.05) is 25.2 Å². The first-order chi connectivity index (χ1) is 9.78. The third-order valence-electron chi connectivity index (χ3n) is 4.22. The van der Waals surface area contributed by atoms with Crippen LogP contribution in [0.4, 0.5) is 0 Å². The topological polar surface area (TPSA) is 61.8 Å². The first kappa shape index (κ1) is 18.4. The van der Waals surface area contributed by atoms with E-state index in [0.717, 1.165) is 32.5 Å². The molecule has 0 aromatic heterocycles. The number of aliphatic carboxylic acids is 1. The maximum absolute atomic E-state index is 11.6. The lowest BCUT2D eigenvalue weighted by atomic mass is 9.91. The maximum atomic E-state index is 11.6. The van der Waals surface area contributed by atoms with E-state index in [9.17, 15) is 9.90 Å². The van der Waals surface area contributed by atoms with Crippen molar-refractivity contribution in [3.63, 3.8) is 0 Å². The number of carboxylic acid groups (broad SMARTS) is 1. The fourth-order valence-corrected chi connectivity index (χ4v) is 3.30. The highest BCUT2D eigenvalue weighted by Crippen LogP contribution is 2.22. The number of nitrogens with one attached hydrogen (secondary N) is 1. The van der Waals surface area contributed by atoms with Crippen LogP contribution in [0.25, 0.3) is 0 Å². The van der Waals surface area contributed by atoms with E-state index in [0.29, 0.717) is 12.5 Å². The van der Waals surface area contributed by atoms with Gasteiger partial charge in [0.1, 0.15) is 5.54 Å². The number of rotatable bonds is 8. The molecule has 5 nitrogen and oxygen atoms in total. The lowest BCUT2D eigenvalue weighted by Crippen LogP contribution is -2.56. The summed E-state index contributed by atoms with van der Waals surface area (Å²) in [5.74, 6) is -0.776. The summed E-state index contributed by atoms with van der Waals surface area (Å²) < 4.78 is 5.73. The number of piperidine rings is 1. The standard InChI is InChI=1S/C16H32N2O3/c1-6-21-14-8-7-9-18(11-14)13(4)10-16(5,15(19)20)17-12(2)3/h12-14,17H,6-11H2,1-5H3,(H,19,20). The number of likely N-dealkylation sites (tertiary alicyclic amines) is 1. The number of nitrogens with zero attached hydrogens (tertiary/aromatic N) is 1. The summed E-state index contributed by atoms with van der Waals surface area (Å²) in [6, 6.07) is 0.372. The van der Waals surface area contributed by atoms with E-state index >= 15 is 0 Å². The van der Waals surface area contributed by atoms with Crippen molar-refractivity contribution in [3.05, 3.63) is 0 Å². The molecule has 3 unspecified atom stereocenters. The van der Waals surface area contributed by atoms with Crippen molar-refractivity contribution in [1.29, 1.82) is 0 Å². The van der Waals surface area contributed by atoms with Gasteiger partial charge in [-0.25, -0.2) is 0 Å². The van der Waals surface area contributed by atoms with Crippen LogP contribution in [0.15, 0.2) is 0 Å². The van der Waals surface area contributed by atoms with Crippen LogP contribution in [-0.4, -0.2) is 59.4 Å². The van der Waals surface area contributed by atoms with Crippen LogP contribution in [-0.2, 0) is 9.53 Å². The minimum Gasteiger partial charge on any atom is -0.480 e. The molecule has 2 N–H and O–H groups in total. The van der Waals surface area contributed by atoms with Crippen LogP contribution in [0.5, 0.6) is 0 Å². The van der Waals surface area contributed by atoms with Gasteiger partial charge in [-0.3, -0.25) is 15.0 Å². The SMILES string of the molecule is CCOC1CCCN(C(C)CC(C)(NC(C)C)C(=O)O)C1. The second-order valence-electron chi connectivity index (χ2n) is 6.70. The quantitative estimate of drug-likeness (QED) is 0.719. The summed E-state index contributed by atoms with van der Waals surface area (Å²) in [4.78, 5) is 14.0. The van der Waals surface area contributed by atoms with Crippen molar-refractivity contribution in [1.82, 2.24) is 10.2 Å². The summed E-state index contributed by atoms with van der Waals surface area (Å²) in [7, 11) is 0. The highest BCUT2D eigenvalue weighted by molar-refractivity contribution is 5.78. The molecule has 1 aliphatic heterocycles. The molecule has 0 aromatic rings. The lowest BCUT2D eigenvalue weighted by Gasteiger charge is -2.40. The average molecular weight is 300 g/mol. The Morgan fingerprint density at radius 2 is 2.14 bits per heavy atom. The molecule has 5 heteroatoms. The van der Waals surface area contributed by atoms with Crippen LogP contribution in [0, 0.1) is 0 Å². The molecular formula is C16H32N2O3. The Hall–Kier alpha value is -0.650. The second-order valence-corrected chi connectivity index (χ2v) is 6.70. The van der Waals surface area contributed by atoms with Crippen LogP contribution in [0.3, 0.4) is 0 Å². The summed E-state index contributed by atoms with van der Waals surface area (Å²) in [5.41, 5.74) is -0.883. The second kappa shape index (κ2) is 8.11. The highest BCUT2D eigenvalue weighted by atomic mass is 16.5. The van der Waals surface area contributed by atoms with E-state index < -0.39 is 11.5 Å². The number of ether oxygens (including phenoxy) is 1. The Morgan fingerprint density at radius 3 is 2.67 bits per heavy atom. The molecule has 0 aliphatic carbocycles. The van der Waals surface area contributed by atoms with Crippen LogP contribution in [0.2, 0.25) is 0 Å². The van der Waals surface area contributed by atoms with Gasteiger partial charge in [-0.05, 0) is 60.4 Å². The van der Waals surface area contributed by atoms with Gasteiger partial charge < -0.3 is 9.84 Å². The number of hydrogen-bond donors (Lipinski definition) is 2. The molecule has 0 amide bonds. The molecule has 1 heterocycles. The van der Waals surface area contributed by atoms with Crippen molar-refractivity contribution >= 4 is 5.97 Å². The summed E-state index contributed by atoms with van der Waals surface area (Å²) in [6.45, 7) is 12.6. The minimum absolute atomic E-state index is 0.149. The van der Waals surface area contributed by atoms with E-state index in [2.05, 4.69) is 17.1 Å². The molecule has 0 bridgehead atoms. The van der Waals surface area contributed by atoms with Crippen molar-refractivity contribution in [3.8, 4) is 0 Å². The van der Waals surface area contributed by atoms with Crippen LogP contribution < -0.4 is 5.32 Å². The number of carboxylic acids is 1. The smallest absolute Gasteiger partial charge is 0.323 e. The van der Waals surface area contributed by atoms with Gasteiger partial charge >= 0.3 is 5.97 Å². The average Bonchev–Trinajstić information content (AvgIpc) is 2.38. The van der Waals surface area contributed by atoms with E-state index in [1.165, 1.54) is 0 Å². The van der Waals surface area contributed by atoms with Crippen molar-refractivity contribution in [2.45, 2.75) is 77.6 Å². The van der Waals surface area contributed by atoms with E-state index in [4.69, 9.17) is 4.74 Å². The number of hydrogen-bond acceptors (Lipinski definition) is 4. The molecule has 0 aromatic carbocycles. The minimum atomic E-state index is -0.883. The van der Waals surface area contributed by atoms with Crippen LogP contribution >= 0.6 is 0 Å². The van der Waals surface area contributed by atoms with Crippen molar-refractivity contribution < 1.29 is 14.6 Å². The largest absolute Gasteiger partial charge is 0.480 e. The van der Waals surface area contributed by atoms with Gasteiger partial charge in [0.05, 0.1) is 6.10 Å². The Kier molecular flexibility index (Phi) is 7.10. The first-order valence-electron chi connectivity index (χ1n) is 8.15. The van der Waals surface area contributed by atoms with Crippen molar-refractivity contribution in [2.75, 3.05) is 19.7 Å². The monoisotopic (exact) mass is 300 g/mol. The zero-order valence-corrected chi connectivity index (χ0v) is 14.2. The molecule has 1 aliphatic rings. The molecule has 1 rings (SSSR count). The molecule has 1 saturated heterocycles. The summed E-state index contributed by atoms with van der Waals surface area (Å²) >= 11 is 0. The van der Waals surface area contributed by atoms with Gasteiger partial charge in [-0.1, -0.05) is 0 Å². The van der Waals surface area contributed by atoms with E-state index in [1.807, 2.05) is 20.8 Å². The molecule has 0 radical (unpaired) electrons.